The van der Waals surface area contributed by atoms with E-state index in [-0.39, 0.29) is 18.9 Å². The Morgan fingerprint density at radius 1 is 0.378 bits per heavy atom. The quantitative estimate of drug-likeness (QED) is 0.0204. The lowest BCUT2D eigenvalue weighted by Crippen LogP contribution is -2.65. The van der Waals surface area contributed by atoms with E-state index < -0.39 is 86.8 Å². The summed E-state index contributed by atoms with van der Waals surface area (Å²) >= 11 is 0. The number of carbonyl (C=O) groups excluding carboxylic acids is 1. The molecule has 0 bridgehead atoms. The zero-order valence-corrected chi connectivity index (χ0v) is 61.0. The fourth-order valence-corrected chi connectivity index (χ4v) is 11.6. The number of aliphatic hydroxyl groups is 8. The first-order valence-corrected chi connectivity index (χ1v) is 38.7. The Bertz CT molecular complexity index is 2260. The Balaban J connectivity index is 1.68. The number of aliphatic hydroxyl groups excluding tert-OH is 8. The first kappa shape index (κ1) is 89.7. The van der Waals surface area contributed by atoms with Crippen LogP contribution in [0.4, 0.5) is 0 Å². The number of hydrogen-bond acceptors (Lipinski definition) is 13. The van der Waals surface area contributed by atoms with Gasteiger partial charge in [-0.2, -0.15) is 0 Å². The van der Waals surface area contributed by atoms with E-state index in [2.05, 4.69) is 165 Å². The molecule has 98 heavy (non-hydrogen) atoms. The third kappa shape index (κ3) is 48.4. The molecule has 1 amide bonds. The van der Waals surface area contributed by atoms with Crippen molar-refractivity contribution in [2.45, 2.75) is 344 Å². The maximum Gasteiger partial charge on any atom is 0.220 e. The average molecular weight is 1370 g/mol. The van der Waals surface area contributed by atoms with Crippen LogP contribution in [0, 0.1) is 0 Å². The summed E-state index contributed by atoms with van der Waals surface area (Å²) < 4.78 is 22.9. The summed E-state index contributed by atoms with van der Waals surface area (Å²) in [6, 6.07) is -0.952. The molecule has 2 heterocycles. The average Bonchev–Trinajstić information content (AvgIpc) is 0.793. The first-order chi connectivity index (χ1) is 48.1. The SMILES string of the molecule is CC/C=C\C/C=C\C/C=C\C/C=C\C/C=C\C/C=C\C/C=C\C/C=C\C/C=C\C/C=C\C/C=C\C/C=C\CCCCC(=O)NC(COC1OC(CO)C(OC2OC(CO)C(O)C(O)C2O)C(O)C1O)C(O)/C=C/CCCCCCCCCCCCCCCCCCCCCCCCC. The van der Waals surface area contributed by atoms with Gasteiger partial charge in [0.15, 0.2) is 12.6 Å². The zero-order valence-electron chi connectivity index (χ0n) is 61.0. The normalized spacial score (nSPS) is 23.0. The topological polar surface area (TPSA) is 228 Å². The van der Waals surface area contributed by atoms with Crippen LogP contribution in [0.25, 0.3) is 0 Å². The molecule has 12 unspecified atom stereocenters. The summed E-state index contributed by atoms with van der Waals surface area (Å²) in [5.74, 6) is -0.285. The Morgan fingerprint density at radius 2 is 0.704 bits per heavy atom. The minimum absolute atomic E-state index is 0.216. The second-order valence-corrected chi connectivity index (χ2v) is 26.4. The Morgan fingerprint density at radius 3 is 1.08 bits per heavy atom. The second-order valence-electron chi connectivity index (χ2n) is 26.4. The molecule has 2 rings (SSSR count). The van der Waals surface area contributed by atoms with Crippen molar-refractivity contribution in [3.63, 3.8) is 0 Å². The number of nitrogens with one attached hydrogen (secondary N) is 1. The molecule has 0 aromatic rings. The second kappa shape index (κ2) is 65.9. The molecule has 558 valence electrons. The molecule has 14 heteroatoms. The summed E-state index contributed by atoms with van der Waals surface area (Å²) in [6.07, 6.45) is 84.5. The van der Waals surface area contributed by atoms with Crippen molar-refractivity contribution in [2.24, 2.45) is 0 Å². The number of unbranched alkanes of at least 4 members (excludes halogenated alkanes) is 25. The number of rotatable bonds is 62. The standard InChI is InChI=1S/C84H139NO13/c1-3-5-7-9-11-13-15-17-19-21-23-25-27-29-30-31-32-33-34-35-36-37-38-39-40-41-42-44-46-48-50-52-54-56-58-60-62-64-66-68-76(89)85-72(71-95-83-81(94)79(92)82(75(70-87)97-83)98-84-80(93)78(91)77(90)74(69-86)96-84)73(88)67-65-63-61-59-57-55-53-51-49-47-45-43-28-26-24-22-20-18-16-14-12-10-8-6-4-2/h5,7,11,13,17,19,23,25,29-30,32-33,35-36,38-39,41-42,46,48,52,54,58,60,65,67,72-75,77-84,86-88,90-94H,3-4,6,8-10,12,14-16,18,20-22,24,26-28,31,34,37,40,43-45,47,49-51,53,55-57,59,61-64,66,68-71H2,1-2H3,(H,85,89)/b7-5-,13-11-,19-17-,25-23-,30-29-,33-32-,36-35-,39-38-,42-41-,48-46-,54-52-,60-58-,67-65+. The molecule has 0 radical (unpaired) electrons. The Hall–Kier alpha value is -4.39. The first-order valence-electron chi connectivity index (χ1n) is 38.7. The maximum atomic E-state index is 13.3. The van der Waals surface area contributed by atoms with Crippen molar-refractivity contribution in [1.29, 1.82) is 0 Å². The van der Waals surface area contributed by atoms with Gasteiger partial charge in [-0.05, 0) is 109 Å². The molecular formula is C84H139NO13. The minimum Gasteiger partial charge on any atom is -0.394 e. The van der Waals surface area contributed by atoms with E-state index in [9.17, 15) is 45.6 Å². The fourth-order valence-electron chi connectivity index (χ4n) is 11.6. The predicted octanol–water partition coefficient (Wildman–Crippen LogP) is 17.3. The van der Waals surface area contributed by atoms with Gasteiger partial charge in [-0.15, -0.1) is 0 Å². The lowest BCUT2D eigenvalue weighted by molar-refractivity contribution is -0.359. The fraction of sp³-hybridized carbons (Fsp3) is 0.679. The summed E-state index contributed by atoms with van der Waals surface area (Å²) in [5.41, 5.74) is 0. The predicted molar refractivity (Wildman–Crippen MR) is 405 cm³/mol. The molecule has 2 saturated heterocycles. The van der Waals surface area contributed by atoms with Crippen molar-refractivity contribution in [2.75, 3.05) is 19.8 Å². The molecule has 0 aromatic heterocycles. The summed E-state index contributed by atoms with van der Waals surface area (Å²) in [7, 11) is 0. The van der Waals surface area contributed by atoms with Crippen molar-refractivity contribution >= 4 is 5.91 Å². The minimum atomic E-state index is -1.80. The van der Waals surface area contributed by atoms with Gasteiger partial charge in [-0.3, -0.25) is 4.79 Å². The maximum absolute atomic E-state index is 13.3. The van der Waals surface area contributed by atoms with E-state index in [1.807, 2.05) is 6.08 Å². The van der Waals surface area contributed by atoms with Gasteiger partial charge in [-0.1, -0.05) is 313 Å². The molecule has 2 aliphatic heterocycles. The van der Waals surface area contributed by atoms with Crippen LogP contribution in [0.15, 0.2) is 158 Å². The van der Waals surface area contributed by atoms with Crippen LogP contribution in [-0.4, -0.2) is 140 Å². The third-order valence-electron chi connectivity index (χ3n) is 17.7. The van der Waals surface area contributed by atoms with Crippen LogP contribution >= 0.6 is 0 Å². The van der Waals surface area contributed by atoms with Gasteiger partial charge in [0.2, 0.25) is 5.91 Å². The van der Waals surface area contributed by atoms with Gasteiger partial charge in [-0.25, -0.2) is 0 Å². The van der Waals surface area contributed by atoms with Crippen LogP contribution in [-0.2, 0) is 23.7 Å². The molecule has 9 N–H and O–H groups in total. The molecule has 0 spiro atoms. The smallest absolute Gasteiger partial charge is 0.220 e. The highest BCUT2D eigenvalue weighted by Crippen LogP contribution is 2.30. The van der Waals surface area contributed by atoms with E-state index in [0.29, 0.717) is 6.42 Å². The molecular weight excluding hydrogens is 1230 g/mol. The number of amides is 1. The third-order valence-corrected chi connectivity index (χ3v) is 17.7. The highest BCUT2D eigenvalue weighted by atomic mass is 16.7. The van der Waals surface area contributed by atoms with Crippen molar-refractivity contribution in [3.05, 3.63) is 158 Å². The zero-order chi connectivity index (χ0) is 70.8. The van der Waals surface area contributed by atoms with Crippen LogP contribution in [0.1, 0.15) is 271 Å². The molecule has 0 saturated carbocycles. The van der Waals surface area contributed by atoms with Crippen LogP contribution in [0.3, 0.4) is 0 Å². The highest BCUT2D eigenvalue weighted by molar-refractivity contribution is 5.76. The van der Waals surface area contributed by atoms with Gasteiger partial charge < -0.3 is 65.1 Å². The number of ether oxygens (including phenoxy) is 4. The lowest BCUT2D eigenvalue weighted by atomic mass is 9.97. The molecule has 2 fully saturated rings. The number of carbonyl (C=O) groups is 1. The monoisotopic (exact) mass is 1370 g/mol. The molecule has 12 atom stereocenters. The molecule has 2 aliphatic rings. The summed E-state index contributed by atoms with van der Waals surface area (Å²) in [6.45, 7) is 2.67. The van der Waals surface area contributed by atoms with Gasteiger partial charge in [0.05, 0.1) is 32.0 Å². The van der Waals surface area contributed by atoms with E-state index in [1.54, 1.807) is 6.08 Å². The van der Waals surface area contributed by atoms with Crippen LogP contribution in [0.2, 0.25) is 0 Å². The lowest BCUT2D eigenvalue weighted by Gasteiger charge is -2.46. The molecule has 0 aliphatic carbocycles. The van der Waals surface area contributed by atoms with E-state index in [1.165, 1.54) is 128 Å². The molecule has 0 aromatic carbocycles. The number of hydrogen-bond donors (Lipinski definition) is 9. The Labute approximate surface area is 595 Å². The number of allylic oxidation sites excluding steroid dienone is 25. The summed E-state index contributed by atoms with van der Waals surface area (Å²) in [5, 5.41) is 87.6. The Kier molecular flexibility index (Phi) is 60.3. The van der Waals surface area contributed by atoms with E-state index in [4.69, 9.17) is 18.9 Å². The van der Waals surface area contributed by atoms with Crippen LogP contribution in [0.5, 0.6) is 0 Å². The van der Waals surface area contributed by atoms with Gasteiger partial charge in [0.1, 0.15) is 48.8 Å². The van der Waals surface area contributed by atoms with Crippen LogP contribution < -0.4 is 5.32 Å². The van der Waals surface area contributed by atoms with Crippen molar-refractivity contribution < 1.29 is 64.6 Å². The van der Waals surface area contributed by atoms with E-state index in [0.717, 1.165) is 116 Å². The van der Waals surface area contributed by atoms with E-state index >= 15 is 0 Å². The molecule has 14 nitrogen and oxygen atoms in total. The van der Waals surface area contributed by atoms with Gasteiger partial charge in [0, 0.05) is 6.42 Å². The highest BCUT2D eigenvalue weighted by Gasteiger charge is 2.51. The van der Waals surface area contributed by atoms with Gasteiger partial charge >= 0.3 is 0 Å². The summed E-state index contributed by atoms with van der Waals surface area (Å²) in [4.78, 5) is 13.3. The largest absolute Gasteiger partial charge is 0.394 e. The van der Waals surface area contributed by atoms with Crippen molar-refractivity contribution in [3.8, 4) is 0 Å². The van der Waals surface area contributed by atoms with Gasteiger partial charge in [0.25, 0.3) is 0 Å². The van der Waals surface area contributed by atoms with Crippen molar-refractivity contribution in [1.82, 2.24) is 5.32 Å².